The number of nitrogens with one attached hydrogen (secondary N) is 1. The zero-order valence-electron chi connectivity index (χ0n) is 7.83. The van der Waals surface area contributed by atoms with Crippen LogP contribution in [0.3, 0.4) is 0 Å². The highest BCUT2D eigenvalue weighted by atomic mass is 16.3. The van der Waals surface area contributed by atoms with Gasteiger partial charge in [-0.2, -0.15) is 0 Å². The van der Waals surface area contributed by atoms with Crippen LogP contribution in [0.4, 0.5) is 0 Å². The van der Waals surface area contributed by atoms with Crippen molar-refractivity contribution in [2.75, 3.05) is 0 Å². The quantitative estimate of drug-likeness (QED) is 0.488. The van der Waals surface area contributed by atoms with E-state index < -0.39 is 0 Å². The van der Waals surface area contributed by atoms with Gasteiger partial charge in [-0.05, 0) is 12.5 Å². The van der Waals surface area contributed by atoms with Crippen LogP contribution in [0.15, 0.2) is 24.3 Å². The Hall–Kier alpha value is -1.06. The Balaban J connectivity index is 2.84. The number of hydrazine groups is 1. The zero-order chi connectivity index (χ0) is 9.68. The number of hydrogen-bond acceptors (Lipinski definition) is 3. The number of nitrogens with two attached hydrogens (primary N) is 1. The van der Waals surface area contributed by atoms with E-state index in [4.69, 9.17) is 5.84 Å². The van der Waals surface area contributed by atoms with Gasteiger partial charge in [0.25, 0.3) is 0 Å². The van der Waals surface area contributed by atoms with Crippen molar-refractivity contribution in [1.82, 2.24) is 5.43 Å². The SMILES string of the molecule is CCCC(NN)c1ccccc1O. The van der Waals surface area contributed by atoms with E-state index in [1.807, 2.05) is 12.1 Å². The summed E-state index contributed by atoms with van der Waals surface area (Å²) in [5, 5.41) is 9.54. The summed E-state index contributed by atoms with van der Waals surface area (Å²) in [5.41, 5.74) is 3.57. The van der Waals surface area contributed by atoms with Crippen LogP contribution >= 0.6 is 0 Å². The summed E-state index contributed by atoms with van der Waals surface area (Å²) in [5.74, 6) is 5.70. The fourth-order valence-corrected chi connectivity index (χ4v) is 1.40. The van der Waals surface area contributed by atoms with Crippen LogP contribution < -0.4 is 11.3 Å². The first kappa shape index (κ1) is 10.0. The molecule has 0 saturated heterocycles. The first-order chi connectivity index (χ1) is 6.29. The fourth-order valence-electron chi connectivity index (χ4n) is 1.40. The van der Waals surface area contributed by atoms with Gasteiger partial charge in [0.2, 0.25) is 0 Å². The predicted molar refractivity (Wildman–Crippen MR) is 53.1 cm³/mol. The molecular formula is C10H16N2O. The van der Waals surface area contributed by atoms with Gasteiger partial charge in [-0.15, -0.1) is 0 Å². The number of benzene rings is 1. The van der Waals surface area contributed by atoms with Crippen molar-refractivity contribution < 1.29 is 5.11 Å². The molecule has 0 aromatic heterocycles. The van der Waals surface area contributed by atoms with Gasteiger partial charge in [0.15, 0.2) is 0 Å². The second kappa shape index (κ2) is 4.84. The predicted octanol–water partition coefficient (Wildman–Crippen LogP) is 1.70. The Morgan fingerprint density at radius 1 is 1.46 bits per heavy atom. The van der Waals surface area contributed by atoms with E-state index in [9.17, 15) is 5.11 Å². The second-order valence-corrected chi connectivity index (χ2v) is 3.07. The molecule has 0 fully saturated rings. The van der Waals surface area contributed by atoms with E-state index in [1.54, 1.807) is 12.1 Å². The van der Waals surface area contributed by atoms with Gasteiger partial charge >= 0.3 is 0 Å². The smallest absolute Gasteiger partial charge is 0.120 e. The molecule has 0 saturated carbocycles. The number of phenols is 1. The van der Waals surface area contributed by atoms with E-state index in [0.717, 1.165) is 18.4 Å². The van der Waals surface area contributed by atoms with E-state index in [1.165, 1.54) is 0 Å². The monoisotopic (exact) mass is 180 g/mol. The number of hydrogen-bond donors (Lipinski definition) is 3. The summed E-state index contributed by atoms with van der Waals surface area (Å²) in [7, 11) is 0. The molecule has 3 heteroatoms. The molecule has 13 heavy (non-hydrogen) atoms. The van der Waals surface area contributed by atoms with Gasteiger partial charge in [0.1, 0.15) is 5.75 Å². The summed E-state index contributed by atoms with van der Waals surface area (Å²) in [4.78, 5) is 0. The lowest BCUT2D eigenvalue weighted by molar-refractivity contribution is 0.438. The van der Waals surface area contributed by atoms with Crippen molar-refractivity contribution in [1.29, 1.82) is 0 Å². The molecule has 0 aliphatic rings. The molecule has 0 spiro atoms. The Labute approximate surface area is 78.5 Å². The van der Waals surface area contributed by atoms with Gasteiger partial charge in [-0.25, -0.2) is 0 Å². The Bertz CT molecular complexity index is 263. The largest absolute Gasteiger partial charge is 0.508 e. The third-order valence-corrected chi connectivity index (χ3v) is 2.09. The summed E-state index contributed by atoms with van der Waals surface area (Å²) in [6.45, 7) is 2.09. The van der Waals surface area contributed by atoms with E-state index in [2.05, 4.69) is 12.3 Å². The van der Waals surface area contributed by atoms with Gasteiger partial charge in [0.05, 0.1) is 0 Å². The first-order valence-corrected chi connectivity index (χ1v) is 4.53. The molecule has 3 nitrogen and oxygen atoms in total. The molecule has 0 amide bonds. The molecule has 0 heterocycles. The molecule has 1 aromatic carbocycles. The average Bonchev–Trinajstić information content (AvgIpc) is 2.16. The summed E-state index contributed by atoms with van der Waals surface area (Å²) in [6.07, 6.45) is 1.96. The standard InChI is InChI=1S/C10H16N2O/c1-2-5-9(12-11)8-6-3-4-7-10(8)13/h3-4,6-7,9,12-13H,2,5,11H2,1H3. The molecule has 1 unspecified atom stereocenters. The maximum atomic E-state index is 9.54. The molecule has 0 bridgehead atoms. The number of para-hydroxylation sites is 1. The van der Waals surface area contributed by atoms with Crippen LogP contribution in [-0.2, 0) is 0 Å². The molecular weight excluding hydrogens is 164 g/mol. The minimum Gasteiger partial charge on any atom is -0.508 e. The molecule has 4 N–H and O–H groups in total. The van der Waals surface area contributed by atoms with Crippen molar-refractivity contribution in [2.45, 2.75) is 25.8 Å². The highest BCUT2D eigenvalue weighted by molar-refractivity contribution is 5.34. The van der Waals surface area contributed by atoms with Crippen LogP contribution in [0.25, 0.3) is 0 Å². The van der Waals surface area contributed by atoms with Crippen molar-refractivity contribution >= 4 is 0 Å². The van der Waals surface area contributed by atoms with Crippen molar-refractivity contribution in [2.24, 2.45) is 5.84 Å². The normalized spacial score (nSPS) is 12.8. The molecule has 1 aromatic rings. The highest BCUT2D eigenvalue weighted by Gasteiger charge is 2.11. The minimum absolute atomic E-state index is 0.0474. The Morgan fingerprint density at radius 2 is 2.15 bits per heavy atom. The van der Waals surface area contributed by atoms with Crippen LogP contribution in [0.1, 0.15) is 31.4 Å². The van der Waals surface area contributed by atoms with Crippen LogP contribution in [-0.4, -0.2) is 5.11 Å². The third kappa shape index (κ3) is 2.44. The van der Waals surface area contributed by atoms with Gasteiger partial charge < -0.3 is 5.11 Å². The second-order valence-electron chi connectivity index (χ2n) is 3.07. The summed E-state index contributed by atoms with van der Waals surface area (Å²) >= 11 is 0. The maximum absolute atomic E-state index is 9.54. The lowest BCUT2D eigenvalue weighted by atomic mass is 10.0. The molecule has 72 valence electrons. The zero-order valence-corrected chi connectivity index (χ0v) is 7.83. The van der Waals surface area contributed by atoms with Gasteiger partial charge in [0, 0.05) is 11.6 Å². The Morgan fingerprint density at radius 3 is 2.69 bits per heavy atom. The lowest BCUT2D eigenvalue weighted by Gasteiger charge is -2.16. The topological polar surface area (TPSA) is 58.3 Å². The molecule has 0 radical (unpaired) electrons. The highest BCUT2D eigenvalue weighted by Crippen LogP contribution is 2.25. The molecule has 0 aliphatic heterocycles. The molecule has 0 aliphatic carbocycles. The maximum Gasteiger partial charge on any atom is 0.120 e. The number of rotatable bonds is 4. The van der Waals surface area contributed by atoms with Crippen molar-refractivity contribution in [3.05, 3.63) is 29.8 Å². The van der Waals surface area contributed by atoms with Gasteiger partial charge in [-0.1, -0.05) is 31.5 Å². The van der Waals surface area contributed by atoms with Crippen LogP contribution in [0, 0.1) is 0 Å². The Kier molecular flexibility index (Phi) is 3.73. The third-order valence-electron chi connectivity index (χ3n) is 2.09. The molecule has 1 rings (SSSR count). The van der Waals surface area contributed by atoms with E-state index >= 15 is 0 Å². The first-order valence-electron chi connectivity index (χ1n) is 4.53. The summed E-state index contributed by atoms with van der Waals surface area (Å²) in [6, 6.07) is 7.31. The van der Waals surface area contributed by atoms with Crippen molar-refractivity contribution in [3.8, 4) is 5.75 Å². The fraction of sp³-hybridized carbons (Fsp3) is 0.400. The molecule has 1 atom stereocenters. The number of aromatic hydroxyl groups is 1. The lowest BCUT2D eigenvalue weighted by Crippen LogP contribution is -2.27. The summed E-state index contributed by atoms with van der Waals surface area (Å²) < 4.78 is 0. The van der Waals surface area contributed by atoms with Gasteiger partial charge in [-0.3, -0.25) is 11.3 Å². The van der Waals surface area contributed by atoms with Crippen molar-refractivity contribution in [3.63, 3.8) is 0 Å². The van der Waals surface area contributed by atoms with E-state index in [0.29, 0.717) is 5.75 Å². The van der Waals surface area contributed by atoms with E-state index in [-0.39, 0.29) is 6.04 Å². The minimum atomic E-state index is 0.0474. The average molecular weight is 180 g/mol. The van der Waals surface area contributed by atoms with Crippen LogP contribution in [0.2, 0.25) is 0 Å². The number of phenolic OH excluding ortho intramolecular Hbond substituents is 1. The van der Waals surface area contributed by atoms with Crippen LogP contribution in [0.5, 0.6) is 5.75 Å².